The van der Waals surface area contributed by atoms with Gasteiger partial charge in [0, 0.05) is 19.6 Å². The monoisotopic (exact) mass is 645 g/mol. The number of nitrogens with one attached hydrogen (secondary N) is 1. The smallest absolute Gasteiger partial charge is 0.227 e. The highest BCUT2D eigenvalue weighted by Crippen LogP contribution is 2.39. The molecule has 10 heteroatoms. The van der Waals surface area contributed by atoms with Crippen LogP contribution in [-0.4, -0.2) is 49.6 Å². The predicted octanol–water partition coefficient (Wildman–Crippen LogP) is 5.54. The second-order valence-corrected chi connectivity index (χ2v) is 11.2. The average molecular weight is 646 g/mol. The highest BCUT2D eigenvalue weighted by atomic mass is 35.5. The molecule has 7 rings (SSSR count). The minimum atomic E-state index is -0.510. The van der Waals surface area contributed by atoms with Crippen LogP contribution in [0.15, 0.2) is 84.9 Å². The Morgan fingerprint density at radius 2 is 1.89 bits per heavy atom. The molecule has 0 aliphatic carbocycles. The number of rotatable bonds is 5. The van der Waals surface area contributed by atoms with Gasteiger partial charge >= 0.3 is 0 Å². The number of hydrogen-bond acceptors (Lipinski definition) is 6. The van der Waals surface area contributed by atoms with E-state index in [1.54, 1.807) is 18.2 Å². The summed E-state index contributed by atoms with van der Waals surface area (Å²) in [7, 11) is 0. The van der Waals surface area contributed by atoms with Gasteiger partial charge in [0.2, 0.25) is 11.8 Å². The summed E-state index contributed by atoms with van der Waals surface area (Å²) in [4.78, 5) is 28.4. The lowest BCUT2D eigenvalue weighted by Crippen LogP contribution is -2.41. The fraction of sp³-hybridized carbons (Fsp3) is 0.278. The standard InChI is InChI=1S/C36H36FN3O5.ClH/c37-32-11-8-25-19-33(32)45-30-9-10-31-26(22-30)12-15-40(35(42)21-24-4-1-6-28(18-24)44-17-13-38)36(31)27-5-2-7-29(23-27)43-16-3-14-39-34(41)20-25;/h1-2,4-11,18-19,22-23,36H,3,12-17,20-21,38H2,(H,39,41);1H. The number of halogens is 2. The van der Waals surface area contributed by atoms with E-state index in [4.69, 9.17) is 19.9 Å². The molecule has 46 heavy (non-hydrogen) atoms. The van der Waals surface area contributed by atoms with Gasteiger partial charge in [-0.25, -0.2) is 4.39 Å². The molecule has 0 spiro atoms. The summed E-state index contributed by atoms with van der Waals surface area (Å²) in [5.41, 5.74) is 10.00. The van der Waals surface area contributed by atoms with Crippen molar-refractivity contribution in [3.63, 3.8) is 0 Å². The van der Waals surface area contributed by atoms with Gasteiger partial charge in [0.05, 0.1) is 25.5 Å². The molecule has 3 N–H and O–H groups in total. The fourth-order valence-electron chi connectivity index (χ4n) is 5.87. The maximum Gasteiger partial charge on any atom is 0.227 e. The molecule has 3 aliphatic heterocycles. The van der Waals surface area contributed by atoms with Crippen LogP contribution in [0.2, 0.25) is 0 Å². The molecule has 2 amide bonds. The lowest BCUT2D eigenvalue weighted by atomic mass is 9.87. The van der Waals surface area contributed by atoms with Gasteiger partial charge in [-0.3, -0.25) is 9.59 Å². The van der Waals surface area contributed by atoms with Crippen molar-refractivity contribution in [2.75, 3.05) is 32.8 Å². The Balaban J connectivity index is 0.00000417. The van der Waals surface area contributed by atoms with Gasteiger partial charge in [0.1, 0.15) is 23.9 Å². The largest absolute Gasteiger partial charge is 0.494 e. The van der Waals surface area contributed by atoms with Gasteiger partial charge in [0.15, 0.2) is 11.6 Å². The Bertz CT molecular complexity index is 1700. The number of ether oxygens (including phenoxy) is 3. The summed E-state index contributed by atoms with van der Waals surface area (Å²) in [6.07, 6.45) is 1.54. The van der Waals surface area contributed by atoms with E-state index in [0.717, 1.165) is 22.3 Å². The van der Waals surface area contributed by atoms with Crippen molar-refractivity contribution in [3.8, 4) is 23.0 Å². The first-order valence-electron chi connectivity index (χ1n) is 15.3. The summed E-state index contributed by atoms with van der Waals surface area (Å²) in [5.74, 6) is 1.23. The maximum absolute atomic E-state index is 14.8. The zero-order valence-corrected chi connectivity index (χ0v) is 26.2. The first kappa shape index (κ1) is 32.8. The van der Waals surface area contributed by atoms with E-state index in [2.05, 4.69) is 5.32 Å². The first-order chi connectivity index (χ1) is 22.0. The Kier molecular flexibility index (Phi) is 10.8. The van der Waals surface area contributed by atoms with Crippen molar-refractivity contribution in [2.24, 2.45) is 5.73 Å². The molecule has 8 bridgehead atoms. The molecule has 1 atom stereocenters. The Morgan fingerprint density at radius 3 is 2.76 bits per heavy atom. The number of amides is 2. The molecule has 4 aromatic carbocycles. The molecular formula is C36H37ClFN3O5. The Morgan fingerprint density at radius 1 is 1.02 bits per heavy atom. The zero-order chi connectivity index (χ0) is 31.2. The molecule has 8 nitrogen and oxygen atoms in total. The SMILES string of the molecule is Cl.NCCOc1cccc(CC(=O)N2CCc3cc4ccc3C2c2cccc(c2)OCCCNC(=O)Cc2ccc(F)c(c2)O4)c1. The highest BCUT2D eigenvalue weighted by Gasteiger charge is 2.33. The van der Waals surface area contributed by atoms with Gasteiger partial charge in [-0.2, -0.15) is 0 Å². The second-order valence-electron chi connectivity index (χ2n) is 11.2. The van der Waals surface area contributed by atoms with Crippen LogP contribution in [0.25, 0.3) is 0 Å². The van der Waals surface area contributed by atoms with Crippen LogP contribution < -0.4 is 25.3 Å². The van der Waals surface area contributed by atoms with Gasteiger partial charge in [0.25, 0.3) is 0 Å². The van der Waals surface area contributed by atoms with Crippen molar-refractivity contribution in [1.82, 2.24) is 10.2 Å². The molecule has 0 saturated heterocycles. The predicted molar refractivity (Wildman–Crippen MR) is 175 cm³/mol. The summed E-state index contributed by atoms with van der Waals surface area (Å²) < 4.78 is 32.5. The number of carbonyl (C=O) groups is 2. The van der Waals surface area contributed by atoms with Gasteiger partial charge in [-0.1, -0.05) is 36.4 Å². The number of fused-ring (bicyclic) bond motifs is 7. The van der Waals surface area contributed by atoms with E-state index in [-0.39, 0.29) is 48.9 Å². The van der Waals surface area contributed by atoms with E-state index in [1.165, 1.54) is 6.07 Å². The van der Waals surface area contributed by atoms with Crippen molar-refractivity contribution in [3.05, 3.63) is 119 Å². The lowest BCUT2D eigenvalue weighted by Gasteiger charge is -2.38. The third-order valence-electron chi connectivity index (χ3n) is 7.98. The van der Waals surface area contributed by atoms with Crippen LogP contribution in [0.1, 0.15) is 40.3 Å². The molecule has 0 radical (unpaired) electrons. The minimum absolute atomic E-state index is 0. The number of carbonyl (C=O) groups excluding carboxylic acids is 2. The van der Waals surface area contributed by atoms with E-state index in [9.17, 15) is 14.0 Å². The minimum Gasteiger partial charge on any atom is -0.494 e. The van der Waals surface area contributed by atoms with E-state index in [1.807, 2.05) is 65.6 Å². The van der Waals surface area contributed by atoms with Crippen LogP contribution in [0.3, 0.4) is 0 Å². The normalized spacial score (nSPS) is 16.0. The molecular weight excluding hydrogens is 609 g/mol. The first-order valence-corrected chi connectivity index (χ1v) is 15.3. The molecule has 0 saturated carbocycles. The summed E-state index contributed by atoms with van der Waals surface area (Å²) >= 11 is 0. The van der Waals surface area contributed by atoms with Gasteiger partial charge < -0.3 is 30.2 Å². The van der Waals surface area contributed by atoms with Gasteiger partial charge in [-0.15, -0.1) is 12.4 Å². The quantitative estimate of drug-likeness (QED) is 0.296. The summed E-state index contributed by atoms with van der Waals surface area (Å²) in [6.45, 7) is 2.16. The van der Waals surface area contributed by atoms with Crippen molar-refractivity contribution < 1.29 is 28.2 Å². The topological polar surface area (TPSA) is 103 Å². The van der Waals surface area contributed by atoms with Crippen molar-refractivity contribution in [2.45, 2.75) is 31.7 Å². The third kappa shape index (κ3) is 7.78. The summed E-state index contributed by atoms with van der Waals surface area (Å²) in [5, 5.41) is 2.90. The van der Waals surface area contributed by atoms with Gasteiger partial charge in [-0.05, 0) is 89.2 Å². The molecule has 240 valence electrons. The van der Waals surface area contributed by atoms with Crippen LogP contribution in [-0.2, 0) is 28.9 Å². The van der Waals surface area contributed by atoms with E-state index >= 15 is 0 Å². The van der Waals surface area contributed by atoms with Crippen LogP contribution in [0.4, 0.5) is 4.39 Å². The fourth-order valence-corrected chi connectivity index (χ4v) is 5.87. The Labute approximate surface area is 274 Å². The number of hydrogen-bond donors (Lipinski definition) is 2. The van der Waals surface area contributed by atoms with Crippen LogP contribution >= 0.6 is 12.4 Å². The van der Waals surface area contributed by atoms with Crippen molar-refractivity contribution in [1.29, 1.82) is 0 Å². The molecule has 0 fully saturated rings. The van der Waals surface area contributed by atoms with E-state index in [0.29, 0.717) is 68.5 Å². The summed E-state index contributed by atoms with van der Waals surface area (Å²) in [6, 6.07) is 25.1. The van der Waals surface area contributed by atoms with Crippen LogP contribution in [0, 0.1) is 5.82 Å². The average Bonchev–Trinajstić information content (AvgIpc) is 3.04. The molecule has 3 heterocycles. The van der Waals surface area contributed by atoms with E-state index < -0.39 is 5.82 Å². The third-order valence-corrected chi connectivity index (χ3v) is 7.98. The number of nitrogens with zero attached hydrogens (tertiary/aromatic N) is 1. The zero-order valence-electron chi connectivity index (χ0n) is 25.4. The maximum atomic E-state index is 14.8. The van der Waals surface area contributed by atoms with Crippen LogP contribution in [0.5, 0.6) is 23.0 Å². The van der Waals surface area contributed by atoms with Crippen molar-refractivity contribution >= 4 is 24.2 Å². The lowest BCUT2D eigenvalue weighted by molar-refractivity contribution is -0.132. The molecule has 1 unspecified atom stereocenters. The molecule has 0 aromatic heterocycles. The number of nitrogens with two attached hydrogens (primary N) is 1. The second kappa shape index (κ2) is 15.1. The molecule has 4 aromatic rings. The molecule has 3 aliphatic rings. The highest BCUT2D eigenvalue weighted by molar-refractivity contribution is 5.85. The number of benzene rings is 4. The Hall–Kier alpha value is -4.60.